The van der Waals surface area contributed by atoms with Gasteiger partial charge >= 0.3 is 0 Å². The third-order valence-electron chi connectivity index (χ3n) is 6.45. The fraction of sp³-hybridized carbons (Fsp3) is 0.458. The first kappa shape index (κ1) is 20.0. The molecule has 162 valence electrons. The molecule has 3 aliphatic rings. The number of nitrogens with zero attached hydrogens (tertiary/aromatic N) is 3. The monoisotopic (exact) mass is 422 g/mol. The lowest BCUT2D eigenvalue weighted by atomic mass is 10.0. The summed E-state index contributed by atoms with van der Waals surface area (Å²) in [7, 11) is 1.59. The van der Waals surface area contributed by atoms with Gasteiger partial charge in [-0.05, 0) is 67.4 Å². The second-order valence-electron chi connectivity index (χ2n) is 8.95. The topological polar surface area (TPSA) is 68.5 Å². The number of fused-ring (bicyclic) bond motifs is 1. The highest BCUT2D eigenvalue weighted by Gasteiger charge is 2.29. The zero-order valence-electron chi connectivity index (χ0n) is 17.9. The standard InChI is InChI=1S/C24H27FN4O2/c1-14(19-10-22(30)27-13-19)31-21-9-18(8-20-23(21)24(25)29(2)28-20)17-6-5-16(11-26-12-17)7-15-3-4-15/h6,8-9,11-12,14-15,19H,3-5,7,10,13H2,1-2H3,(H,27,30)/t14-,19-/m1/s1. The van der Waals surface area contributed by atoms with Gasteiger partial charge in [-0.15, -0.1) is 0 Å². The van der Waals surface area contributed by atoms with Crippen molar-refractivity contribution in [2.75, 3.05) is 6.54 Å². The van der Waals surface area contributed by atoms with Crippen LogP contribution in [0.1, 0.15) is 44.6 Å². The van der Waals surface area contributed by atoms with Crippen molar-refractivity contribution in [2.24, 2.45) is 23.9 Å². The van der Waals surface area contributed by atoms with Crippen molar-refractivity contribution < 1.29 is 13.9 Å². The van der Waals surface area contributed by atoms with E-state index in [-0.39, 0.29) is 17.9 Å². The highest BCUT2D eigenvalue weighted by atomic mass is 19.1. The van der Waals surface area contributed by atoms with Gasteiger partial charge in [0.15, 0.2) is 0 Å². The Labute approximate surface area is 180 Å². The Hall–Kier alpha value is -2.96. The Morgan fingerprint density at radius 3 is 2.94 bits per heavy atom. The summed E-state index contributed by atoms with van der Waals surface area (Å²) >= 11 is 0. The van der Waals surface area contributed by atoms with E-state index in [4.69, 9.17) is 4.74 Å². The first-order chi connectivity index (χ1) is 15.0. The molecule has 1 saturated carbocycles. The quantitative estimate of drug-likeness (QED) is 0.760. The van der Waals surface area contributed by atoms with Gasteiger partial charge in [0.2, 0.25) is 11.9 Å². The van der Waals surface area contributed by atoms with Crippen LogP contribution in [0, 0.1) is 17.8 Å². The van der Waals surface area contributed by atoms with Crippen molar-refractivity contribution >= 4 is 28.6 Å². The molecule has 2 fully saturated rings. The second kappa shape index (κ2) is 7.94. The van der Waals surface area contributed by atoms with E-state index < -0.39 is 5.95 Å². The van der Waals surface area contributed by atoms with Gasteiger partial charge in [0, 0.05) is 38.3 Å². The number of benzene rings is 1. The molecule has 2 aromatic rings. The van der Waals surface area contributed by atoms with E-state index in [1.807, 2.05) is 31.5 Å². The van der Waals surface area contributed by atoms with Crippen LogP contribution in [-0.2, 0) is 11.8 Å². The Morgan fingerprint density at radius 2 is 2.19 bits per heavy atom. The number of allylic oxidation sites excluding steroid dienone is 3. The van der Waals surface area contributed by atoms with Crippen LogP contribution in [0.4, 0.5) is 4.39 Å². The number of hydrogen-bond acceptors (Lipinski definition) is 4. The molecule has 0 bridgehead atoms. The van der Waals surface area contributed by atoms with Crippen LogP contribution in [-0.4, -0.2) is 34.6 Å². The highest BCUT2D eigenvalue weighted by molar-refractivity contribution is 6.11. The number of aliphatic imine (C=N–C) groups is 1. The third kappa shape index (κ3) is 4.13. The Morgan fingerprint density at radius 1 is 1.35 bits per heavy atom. The lowest BCUT2D eigenvalue weighted by molar-refractivity contribution is -0.119. The molecule has 3 heterocycles. The van der Waals surface area contributed by atoms with Gasteiger partial charge in [-0.1, -0.05) is 6.08 Å². The number of carbonyl (C=O) groups is 1. The molecule has 1 N–H and O–H groups in total. The van der Waals surface area contributed by atoms with Crippen molar-refractivity contribution in [3.63, 3.8) is 0 Å². The number of halogens is 1. The van der Waals surface area contributed by atoms with Crippen LogP contribution >= 0.6 is 0 Å². The van der Waals surface area contributed by atoms with Crippen LogP contribution in [0.2, 0.25) is 0 Å². The first-order valence-electron chi connectivity index (χ1n) is 11.0. The number of nitrogens with one attached hydrogen (secondary N) is 1. The molecule has 2 aliphatic heterocycles. The van der Waals surface area contributed by atoms with Crippen LogP contribution in [0.15, 0.2) is 35.0 Å². The summed E-state index contributed by atoms with van der Waals surface area (Å²) in [6.07, 6.45) is 10.8. The van der Waals surface area contributed by atoms with E-state index in [2.05, 4.69) is 21.5 Å². The van der Waals surface area contributed by atoms with E-state index >= 15 is 0 Å². The molecule has 1 saturated heterocycles. The molecule has 0 spiro atoms. The molecule has 6 nitrogen and oxygen atoms in total. The lowest BCUT2D eigenvalue weighted by Gasteiger charge is -2.20. The maximum absolute atomic E-state index is 14.8. The lowest BCUT2D eigenvalue weighted by Crippen LogP contribution is -2.25. The van der Waals surface area contributed by atoms with Crippen molar-refractivity contribution in [3.05, 3.63) is 41.5 Å². The van der Waals surface area contributed by atoms with Crippen LogP contribution in [0.25, 0.3) is 16.5 Å². The van der Waals surface area contributed by atoms with Gasteiger partial charge in [0.25, 0.3) is 0 Å². The Balaban J connectivity index is 1.46. The molecule has 31 heavy (non-hydrogen) atoms. The molecule has 2 atom stereocenters. The summed E-state index contributed by atoms with van der Waals surface area (Å²) in [6.45, 7) is 2.50. The van der Waals surface area contributed by atoms with Crippen LogP contribution in [0.3, 0.4) is 0 Å². The zero-order chi connectivity index (χ0) is 21.5. The summed E-state index contributed by atoms with van der Waals surface area (Å²) in [5, 5.41) is 7.55. The molecule has 5 rings (SSSR count). The van der Waals surface area contributed by atoms with Gasteiger partial charge in [-0.2, -0.15) is 9.49 Å². The highest BCUT2D eigenvalue weighted by Crippen LogP contribution is 2.38. The number of carbonyl (C=O) groups excluding carboxylic acids is 1. The predicted octanol–water partition coefficient (Wildman–Crippen LogP) is 4.16. The normalized spacial score (nSPS) is 22.2. The number of hydrogen-bond donors (Lipinski definition) is 1. The minimum atomic E-state index is -0.429. The van der Waals surface area contributed by atoms with E-state index in [9.17, 15) is 9.18 Å². The van der Waals surface area contributed by atoms with Gasteiger partial charge in [-0.25, -0.2) is 4.68 Å². The molecule has 0 radical (unpaired) electrons. The summed E-state index contributed by atoms with van der Waals surface area (Å²) in [5.74, 6) is 0.929. The van der Waals surface area contributed by atoms with Crippen molar-refractivity contribution in [2.45, 2.75) is 45.1 Å². The molecular formula is C24H27FN4O2. The van der Waals surface area contributed by atoms with Crippen molar-refractivity contribution in [1.82, 2.24) is 15.1 Å². The largest absolute Gasteiger partial charge is 0.489 e. The molecule has 7 heteroatoms. The number of amides is 1. The minimum absolute atomic E-state index is 0.0289. The first-order valence-corrected chi connectivity index (χ1v) is 11.0. The SMILES string of the molecule is C[C@@H](Oc1cc(C2=CCC(CC3CC3)=CN=C2)cc2nn(C)c(F)c12)[C@H]1CNC(=O)C1. The van der Waals surface area contributed by atoms with Crippen LogP contribution in [0.5, 0.6) is 5.75 Å². The fourth-order valence-corrected chi connectivity index (χ4v) is 4.36. The number of ether oxygens (including phenoxy) is 1. The summed E-state index contributed by atoms with van der Waals surface area (Å²) in [6, 6.07) is 3.76. The van der Waals surface area contributed by atoms with E-state index in [0.29, 0.717) is 29.6 Å². The van der Waals surface area contributed by atoms with E-state index in [1.165, 1.54) is 23.1 Å². The maximum atomic E-state index is 14.8. The van der Waals surface area contributed by atoms with E-state index in [1.54, 1.807) is 7.05 Å². The van der Waals surface area contributed by atoms with E-state index in [0.717, 1.165) is 29.9 Å². The van der Waals surface area contributed by atoms with Gasteiger partial charge in [-0.3, -0.25) is 9.79 Å². The molecule has 0 unspecified atom stereocenters. The van der Waals surface area contributed by atoms with Crippen molar-refractivity contribution in [1.29, 1.82) is 0 Å². The summed E-state index contributed by atoms with van der Waals surface area (Å²) in [4.78, 5) is 16.1. The Bertz CT molecular complexity index is 1130. The molecule has 1 aliphatic carbocycles. The average Bonchev–Trinajstić information content (AvgIpc) is 3.44. The average molecular weight is 423 g/mol. The number of rotatable bonds is 6. The second-order valence-corrected chi connectivity index (χ2v) is 8.95. The zero-order valence-corrected chi connectivity index (χ0v) is 17.9. The summed E-state index contributed by atoms with van der Waals surface area (Å²) in [5.41, 5.74) is 3.77. The van der Waals surface area contributed by atoms with Crippen LogP contribution < -0.4 is 10.1 Å². The van der Waals surface area contributed by atoms with Gasteiger partial charge in [0.05, 0.1) is 10.9 Å². The molecule has 1 aromatic heterocycles. The maximum Gasteiger partial charge on any atom is 0.222 e. The predicted molar refractivity (Wildman–Crippen MR) is 118 cm³/mol. The molecular weight excluding hydrogens is 395 g/mol. The third-order valence-corrected chi connectivity index (χ3v) is 6.45. The van der Waals surface area contributed by atoms with Gasteiger partial charge in [0.1, 0.15) is 11.9 Å². The molecule has 1 aromatic carbocycles. The number of aromatic nitrogens is 2. The van der Waals surface area contributed by atoms with Gasteiger partial charge < -0.3 is 10.1 Å². The number of aryl methyl sites for hydroxylation is 1. The fourth-order valence-electron chi connectivity index (χ4n) is 4.36. The molecule has 1 amide bonds. The smallest absolute Gasteiger partial charge is 0.222 e. The Kier molecular flexibility index (Phi) is 5.12. The van der Waals surface area contributed by atoms with Crippen molar-refractivity contribution in [3.8, 4) is 5.75 Å². The minimum Gasteiger partial charge on any atom is -0.489 e. The summed E-state index contributed by atoms with van der Waals surface area (Å²) < 4.78 is 22.3.